The summed E-state index contributed by atoms with van der Waals surface area (Å²) in [5.74, 6) is -0.244. The van der Waals surface area contributed by atoms with Crippen LogP contribution in [0.5, 0.6) is 0 Å². The molecule has 5 heteroatoms. The molecular weight excluding hydrogens is 264 g/mol. The predicted octanol–water partition coefficient (Wildman–Crippen LogP) is 3.25. The van der Waals surface area contributed by atoms with E-state index in [0.29, 0.717) is 11.4 Å². The van der Waals surface area contributed by atoms with Gasteiger partial charge in [0.25, 0.3) is 0 Å². The van der Waals surface area contributed by atoms with Gasteiger partial charge in [-0.15, -0.1) is 0 Å². The molecule has 1 N–H and O–H groups in total. The minimum absolute atomic E-state index is 0.0427. The normalized spacial score (nSPS) is 12.2. The Kier molecular flexibility index (Phi) is 4.22. The molecule has 1 atom stereocenters. The molecule has 0 fully saturated rings. The third-order valence-electron chi connectivity index (χ3n) is 2.82. The number of methoxy groups -OCH3 is 1. The summed E-state index contributed by atoms with van der Waals surface area (Å²) in [5, 5.41) is 4.81. The molecule has 1 unspecified atom stereocenters. The molecule has 1 aromatic carbocycles. The van der Waals surface area contributed by atoms with Gasteiger partial charge in [0, 0.05) is 17.6 Å². The van der Waals surface area contributed by atoms with Gasteiger partial charge in [0.2, 0.25) is 0 Å². The second kappa shape index (κ2) is 5.89. The van der Waals surface area contributed by atoms with Crippen molar-refractivity contribution in [1.82, 2.24) is 4.98 Å². The quantitative estimate of drug-likeness (QED) is 0.872. The first-order valence-electron chi connectivity index (χ1n) is 5.98. The maximum absolute atomic E-state index is 11.2. The van der Waals surface area contributed by atoms with E-state index in [1.165, 1.54) is 7.11 Å². The highest BCUT2D eigenvalue weighted by molar-refractivity contribution is 6.35. The fourth-order valence-electron chi connectivity index (χ4n) is 1.90. The number of nitrogens with zero attached hydrogens (tertiary/aromatic N) is 1. The Hall–Kier alpha value is -1.81. The summed E-state index contributed by atoms with van der Waals surface area (Å²) in [5.41, 5.74) is 1.66. The van der Waals surface area contributed by atoms with Gasteiger partial charge in [-0.05, 0) is 31.2 Å². The predicted molar refractivity (Wildman–Crippen MR) is 76.5 cm³/mol. The first-order chi connectivity index (χ1) is 9.11. The molecule has 19 heavy (non-hydrogen) atoms. The number of nitrogens with one attached hydrogen (secondary N) is 1. The van der Waals surface area contributed by atoms with E-state index < -0.39 is 0 Å². The number of hydrogen-bond donors (Lipinski definition) is 1. The Balaban J connectivity index is 2.26. The molecular formula is C14H15ClN2O2. The lowest BCUT2D eigenvalue weighted by Gasteiger charge is -2.15. The van der Waals surface area contributed by atoms with Gasteiger partial charge in [0.05, 0.1) is 29.8 Å². The molecule has 2 aromatic rings. The molecule has 1 heterocycles. The number of anilines is 1. The number of fused-ring (bicyclic) bond motifs is 1. The second-order valence-electron chi connectivity index (χ2n) is 4.32. The van der Waals surface area contributed by atoms with E-state index in [1.807, 2.05) is 31.2 Å². The molecule has 0 radical (unpaired) electrons. The minimum Gasteiger partial charge on any atom is -0.469 e. The summed E-state index contributed by atoms with van der Waals surface area (Å²) < 4.78 is 4.65. The number of benzene rings is 1. The number of ether oxygens (including phenoxy) is 1. The van der Waals surface area contributed by atoms with Crippen LogP contribution in [0.25, 0.3) is 10.9 Å². The molecule has 0 spiro atoms. The standard InChI is InChI=1S/C14H15ClN2O2/c1-9(8-13(18)19-2)17-12-6-5-11(15)10-4-3-7-16-14(10)12/h3-7,9,17H,8H2,1-2H3. The van der Waals surface area contributed by atoms with Crippen LogP contribution < -0.4 is 5.32 Å². The molecule has 100 valence electrons. The van der Waals surface area contributed by atoms with Crippen molar-refractivity contribution in [2.75, 3.05) is 12.4 Å². The Morgan fingerprint density at radius 2 is 2.26 bits per heavy atom. The summed E-state index contributed by atoms with van der Waals surface area (Å²) in [6, 6.07) is 7.40. The van der Waals surface area contributed by atoms with E-state index in [0.717, 1.165) is 16.6 Å². The van der Waals surface area contributed by atoms with Crippen LogP contribution in [-0.2, 0) is 9.53 Å². The van der Waals surface area contributed by atoms with Gasteiger partial charge in [-0.1, -0.05) is 11.6 Å². The minimum atomic E-state index is -0.244. The van der Waals surface area contributed by atoms with Crippen molar-refractivity contribution in [3.8, 4) is 0 Å². The molecule has 0 bridgehead atoms. The first-order valence-corrected chi connectivity index (χ1v) is 6.36. The van der Waals surface area contributed by atoms with Gasteiger partial charge >= 0.3 is 5.97 Å². The molecule has 0 aliphatic heterocycles. The zero-order valence-electron chi connectivity index (χ0n) is 10.8. The molecule has 0 saturated carbocycles. The molecule has 0 aliphatic rings. The van der Waals surface area contributed by atoms with Crippen molar-refractivity contribution in [2.24, 2.45) is 0 Å². The third kappa shape index (κ3) is 3.15. The van der Waals surface area contributed by atoms with Crippen LogP contribution in [-0.4, -0.2) is 24.1 Å². The summed E-state index contributed by atoms with van der Waals surface area (Å²) in [7, 11) is 1.38. The highest BCUT2D eigenvalue weighted by Gasteiger charge is 2.11. The lowest BCUT2D eigenvalue weighted by Crippen LogP contribution is -2.20. The smallest absolute Gasteiger partial charge is 0.307 e. The SMILES string of the molecule is COC(=O)CC(C)Nc1ccc(Cl)c2cccnc12. The van der Waals surface area contributed by atoms with Gasteiger partial charge < -0.3 is 10.1 Å². The van der Waals surface area contributed by atoms with Gasteiger partial charge in [-0.25, -0.2) is 0 Å². The maximum atomic E-state index is 11.2. The molecule has 4 nitrogen and oxygen atoms in total. The molecule has 2 rings (SSSR count). The number of esters is 1. The van der Waals surface area contributed by atoms with Gasteiger partial charge in [-0.2, -0.15) is 0 Å². The Morgan fingerprint density at radius 1 is 1.47 bits per heavy atom. The Bertz CT molecular complexity index is 601. The summed E-state index contributed by atoms with van der Waals surface area (Å²) >= 11 is 6.13. The Labute approximate surface area is 116 Å². The Morgan fingerprint density at radius 3 is 3.00 bits per heavy atom. The molecule has 0 aliphatic carbocycles. The van der Waals surface area contributed by atoms with Crippen LogP contribution in [0.1, 0.15) is 13.3 Å². The van der Waals surface area contributed by atoms with E-state index in [2.05, 4.69) is 15.0 Å². The van der Waals surface area contributed by atoms with E-state index in [1.54, 1.807) is 6.20 Å². The lowest BCUT2D eigenvalue weighted by molar-refractivity contribution is -0.140. The topological polar surface area (TPSA) is 51.2 Å². The maximum Gasteiger partial charge on any atom is 0.307 e. The van der Waals surface area contributed by atoms with Crippen LogP contribution >= 0.6 is 11.6 Å². The third-order valence-corrected chi connectivity index (χ3v) is 3.15. The number of carbonyl (C=O) groups excluding carboxylic acids is 1. The monoisotopic (exact) mass is 278 g/mol. The second-order valence-corrected chi connectivity index (χ2v) is 4.73. The van der Waals surface area contributed by atoms with Gasteiger partial charge in [-0.3, -0.25) is 9.78 Å². The van der Waals surface area contributed by atoms with E-state index in [-0.39, 0.29) is 12.0 Å². The van der Waals surface area contributed by atoms with Crippen LogP contribution in [0.4, 0.5) is 5.69 Å². The van der Waals surface area contributed by atoms with Crippen molar-refractivity contribution in [2.45, 2.75) is 19.4 Å². The van der Waals surface area contributed by atoms with Gasteiger partial charge in [0.1, 0.15) is 0 Å². The van der Waals surface area contributed by atoms with Crippen molar-refractivity contribution in [3.05, 3.63) is 35.5 Å². The number of aromatic nitrogens is 1. The highest BCUT2D eigenvalue weighted by atomic mass is 35.5. The number of rotatable bonds is 4. The van der Waals surface area contributed by atoms with E-state index in [4.69, 9.17) is 11.6 Å². The van der Waals surface area contributed by atoms with Crippen LogP contribution in [0.15, 0.2) is 30.5 Å². The summed E-state index contributed by atoms with van der Waals surface area (Å²) in [6.45, 7) is 1.92. The first kappa shape index (κ1) is 13.6. The summed E-state index contributed by atoms with van der Waals surface area (Å²) in [4.78, 5) is 15.6. The van der Waals surface area contributed by atoms with Crippen LogP contribution in [0.2, 0.25) is 5.02 Å². The lowest BCUT2D eigenvalue weighted by atomic mass is 10.1. The molecule has 1 aromatic heterocycles. The molecule has 0 amide bonds. The van der Waals surface area contributed by atoms with Crippen molar-refractivity contribution in [1.29, 1.82) is 0 Å². The van der Waals surface area contributed by atoms with Crippen LogP contribution in [0.3, 0.4) is 0 Å². The average molecular weight is 279 g/mol. The fourth-order valence-corrected chi connectivity index (χ4v) is 2.12. The molecule has 0 saturated heterocycles. The highest BCUT2D eigenvalue weighted by Crippen LogP contribution is 2.28. The number of hydrogen-bond acceptors (Lipinski definition) is 4. The largest absolute Gasteiger partial charge is 0.469 e. The van der Waals surface area contributed by atoms with E-state index in [9.17, 15) is 4.79 Å². The fraction of sp³-hybridized carbons (Fsp3) is 0.286. The van der Waals surface area contributed by atoms with Crippen molar-refractivity contribution >= 4 is 34.2 Å². The average Bonchev–Trinajstić information content (AvgIpc) is 2.42. The number of halogens is 1. The number of pyridine rings is 1. The summed E-state index contributed by atoms with van der Waals surface area (Å²) in [6.07, 6.45) is 2.02. The zero-order chi connectivity index (χ0) is 13.8. The van der Waals surface area contributed by atoms with Crippen molar-refractivity contribution in [3.63, 3.8) is 0 Å². The number of carbonyl (C=O) groups is 1. The van der Waals surface area contributed by atoms with Crippen molar-refractivity contribution < 1.29 is 9.53 Å². The van der Waals surface area contributed by atoms with E-state index >= 15 is 0 Å². The van der Waals surface area contributed by atoms with Gasteiger partial charge in [0.15, 0.2) is 0 Å². The van der Waals surface area contributed by atoms with Crippen LogP contribution in [0, 0.1) is 0 Å². The zero-order valence-corrected chi connectivity index (χ0v) is 11.6.